The lowest BCUT2D eigenvalue weighted by Crippen LogP contribution is -2.62. The normalized spacial score (nSPS) is 21.1. The lowest BCUT2D eigenvalue weighted by Gasteiger charge is -2.37. The van der Waals surface area contributed by atoms with Crippen LogP contribution in [-0.2, 0) is 55.1 Å². The monoisotopic (exact) mass is 904 g/mol. The Kier molecular flexibility index (Phi) is 14.3. The fraction of sp³-hybridized carbons (Fsp3) is 0.529. The Morgan fingerprint density at radius 2 is 1.79 bits per heavy atom. The zero-order valence-corrected chi connectivity index (χ0v) is 40.5. The van der Waals surface area contributed by atoms with Gasteiger partial charge in [-0.1, -0.05) is 64.6 Å². The molecule has 2 N–H and O–H groups in total. The molecule has 1 unspecified atom stereocenters. The van der Waals surface area contributed by atoms with E-state index in [2.05, 4.69) is 98.9 Å². The van der Waals surface area contributed by atoms with Crippen LogP contribution in [-0.4, -0.2) is 129 Å². The summed E-state index contributed by atoms with van der Waals surface area (Å²) in [7, 11) is 7.76. The molecule has 354 valence electrons. The van der Waals surface area contributed by atoms with E-state index in [4.69, 9.17) is 9.84 Å². The van der Waals surface area contributed by atoms with Crippen LogP contribution < -0.4 is 10.7 Å². The van der Waals surface area contributed by atoms with Crippen LogP contribution in [0.4, 0.5) is 0 Å². The molecule has 0 saturated carbocycles. The first-order valence-corrected chi connectivity index (χ1v) is 23.5. The Hall–Kier alpha value is -5.80. The number of likely N-dealkylation sites (N-methyl/N-ethyl adjacent to an activating group) is 1. The van der Waals surface area contributed by atoms with Crippen LogP contribution in [0.1, 0.15) is 83.7 Å². The van der Waals surface area contributed by atoms with Crippen LogP contribution in [0, 0.1) is 17.3 Å². The average Bonchev–Trinajstić information content (AvgIpc) is 4.02. The highest BCUT2D eigenvalue weighted by Gasteiger charge is 2.40. The molecule has 15 heteroatoms. The molecule has 2 saturated heterocycles. The van der Waals surface area contributed by atoms with Gasteiger partial charge in [0.1, 0.15) is 18.1 Å². The lowest BCUT2D eigenvalue weighted by atomic mass is 9.84. The SMILES string of the molecule is C=CC(=O)N1CC[C@H](C(=O)N(C)C(C(=O)N[C@H]2Cc3cccc(c3)-c3ccc4c(c3)c(c(-c3cnn(C)c3[C@H](C)N(C)C)n4CC)CC(C)(C)COC(=O)[C@@H]3CCCN(N3)C2=O)C(C)C)C1. The van der Waals surface area contributed by atoms with Crippen LogP contribution in [0.2, 0.25) is 0 Å². The standard InChI is InChI=1S/C51H69N9O6/c1-12-43(61)58-23-21-36(29-58)48(63)56(10)44(31(3)4)47(62)53-41-25-33-16-14-17-34(24-33)35-19-20-42-37(26-35)38(46(59(42)13-2)39-28-52-57(11)45(39)32(5)55(8)9)27-51(6,7)30-66-50(65)40-18-15-22-60(54-40)49(41)64/h12,14,16-17,19-20,24,26,28,31-32,36,40-41,44,54H,1,13,15,18,21-23,25,27,29-30H2,2-11H3,(H,53,62)/t32-,36-,40-,41-,44?/m0/s1. The predicted molar refractivity (Wildman–Crippen MR) is 256 cm³/mol. The second-order valence-electron chi connectivity index (χ2n) is 19.9. The van der Waals surface area contributed by atoms with E-state index >= 15 is 0 Å². The molecular formula is C51H69N9O6. The minimum atomic E-state index is -1.04. The number of hydrogen-bond acceptors (Lipinski definition) is 9. The van der Waals surface area contributed by atoms with Crippen molar-refractivity contribution in [2.75, 3.05) is 47.4 Å². The van der Waals surface area contributed by atoms with Crippen LogP contribution in [0.5, 0.6) is 0 Å². The van der Waals surface area contributed by atoms with Crippen molar-refractivity contribution in [1.29, 1.82) is 0 Å². The molecule has 0 spiro atoms. The third kappa shape index (κ3) is 9.69. The van der Waals surface area contributed by atoms with Gasteiger partial charge < -0.3 is 29.3 Å². The Bertz CT molecular complexity index is 2500. The molecule has 4 aromatic rings. The molecule has 2 fully saturated rings. The second kappa shape index (κ2) is 19.6. The van der Waals surface area contributed by atoms with E-state index in [0.29, 0.717) is 38.8 Å². The summed E-state index contributed by atoms with van der Waals surface area (Å²) in [4.78, 5) is 74.7. The number of hydrogen-bond donors (Lipinski definition) is 2. The Morgan fingerprint density at radius 1 is 1.05 bits per heavy atom. The second-order valence-corrected chi connectivity index (χ2v) is 19.9. The van der Waals surface area contributed by atoms with E-state index in [1.165, 1.54) is 16.0 Å². The topological polar surface area (TPSA) is 154 Å². The van der Waals surface area contributed by atoms with E-state index in [9.17, 15) is 24.0 Å². The van der Waals surface area contributed by atoms with Crippen LogP contribution in [0.15, 0.2) is 61.3 Å². The van der Waals surface area contributed by atoms with Gasteiger partial charge in [0.05, 0.1) is 30.1 Å². The molecular weight excluding hydrogens is 835 g/mol. The summed E-state index contributed by atoms with van der Waals surface area (Å²) in [5.41, 5.74) is 11.0. The number of esters is 1. The summed E-state index contributed by atoms with van der Waals surface area (Å²) < 4.78 is 10.5. The fourth-order valence-corrected chi connectivity index (χ4v) is 10.2. The number of nitrogens with one attached hydrogen (secondary N) is 2. The van der Waals surface area contributed by atoms with Crippen molar-refractivity contribution in [3.8, 4) is 22.4 Å². The van der Waals surface area contributed by atoms with E-state index in [1.54, 1.807) is 11.9 Å². The number of carbonyl (C=O) groups excluding carboxylic acids is 5. The van der Waals surface area contributed by atoms with E-state index in [1.807, 2.05) is 43.9 Å². The number of hydrazine groups is 1. The van der Waals surface area contributed by atoms with Crippen molar-refractivity contribution in [2.45, 2.75) is 104 Å². The molecule has 3 aliphatic rings. The number of amides is 4. The summed E-state index contributed by atoms with van der Waals surface area (Å²) in [5.74, 6) is -2.53. The lowest BCUT2D eigenvalue weighted by molar-refractivity contribution is -0.155. The molecule has 6 bridgehead atoms. The zero-order chi connectivity index (χ0) is 47.8. The van der Waals surface area contributed by atoms with Crippen molar-refractivity contribution in [3.63, 3.8) is 0 Å². The summed E-state index contributed by atoms with van der Waals surface area (Å²) >= 11 is 0. The van der Waals surface area contributed by atoms with Gasteiger partial charge in [0, 0.05) is 74.6 Å². The molecule has 15 nitrogen and oxygen atoms in total. The van der Waals surface area contributed by atoms with E-state index in [0.717, 1.165) is 56.7 Å². The van der Waals surface area contributed by atoms with Gasteiger partial charge in [-0.2, -0.15) is 5.10 Å². The first-order valence-electron chi connectivity index (χ1n) is 23.5. The minimum Gasteiger partial charge on any atom is -0.464 e. The number of benzene rings is 2. The van der Waals surface area contributed by atoms with E-state index in [-0.39, 0.29) is 43.3 Å². The summed E-state index contributed by atoms with van der Waals surface area (Å²) in [6, 6.07) is 12.0. The molecule has 2 aromatic heterocycles. The predicted octanol–water partition coefficient (Wildman–Crippen LogP) is 5.52. The van der Waals surface area contributed by atoms with E-state index < -0.39 is 47.2 Å². The summed E-state index contributed by atoms with van der Waals surface area (Å²) in [6.07, 6.45) is 5.50. The number of ether oxygens (including phenoxy) is 1. The number of carbonyl (C=O) groups is 5. The molecule has 3 aliphatic heterocycles. The molecule has 5 heterocycles. The number of aromatic nitrogens is 3. The minimum absolute atomic E-state index is 0.0797. The Labute approximate surface area is 389 Å². The molecule has 5 atom stereocenters. The molecule has 66 heavy (non-hydrogen) atoms. The number of likely N-dealkylation sites (tertiary alicyclic amines) is 1. The highest BCUT2D eigenvalue weighted by Crippen LogP contribution is 2.42. The summed E-state index contributed by atoms with van der Waals surface area (Å²) in [6.45, 7) is 17.8. The molecule has 0 aliphatic carbocycles. The molecule has 0 radical (unpaired) electrons. The largest absolute Gasteiger partial charge is 0.464 e. The van der Waals surface area contributed by atoms with Gasteiger partial charge in [0.2, 0.25) is 17.7 Å². The highest BCUT2D eigenvalue weighted by atomic mass is 16.5. The van der Waals surface area contributed by atoms with Crippen LogP contribution >= 0.6 is 0 Å². The maximum Gasteiger partial charge on any atom is 0.324 e. The van der Waals surface area contributed by atoms with Crippen molar-refractivity contribution < 1.29 is 28.7 Å². The maximum atomic E-state index is 14.7. The first-order chi connectivity index (χ1) is 31.3. The Balaban J connectivity index is 1.29. The van der Waals surface area contributed by atoms with Gasteiger partial charge in [-0.05, 0) is 100 Å². The third-order valence-corrected chi connectivity index (χ3v) is 13.9. The van der Waals surface area contributed by atoms with Gasteiger partial charge in [0.25, 0.3) is 5.91 Å². The quantitative estimate of drug-likeness (QED) is 0.155. The molecule has 7 rings (SSSR count). The van der Waals surface area contributed by atoms with Gasteiger partial charge in [-0.25, -0.2) is 5.43 Å². The summed E-state index contributed by atoms with van der Waals surface area (Å²) in [5, 5.41) is 10.4. The Morgan fingerprint density at radius 3 is 2.48 bits per heavy atom. The smallest absolute Gasteiger partial charge is 0.324 e. The number of rotatable bonds is 10. The van der Waals surface area contributed by atoms with Crippen molar-refractivity contribution in [2.24, 2.45) is 24.3 Å². The van der Waals surface area contributed by atoms with Crippen molar-refractivity contribution in [1.82, 2.24) is 44.8 Å². The molecule has 2 aromatic carbocycles. The number of nitrogens with zero attached hydrogens (tertiary/aromatic N) is 7. The number of aryl methyl sites for hydroxylation is 2. The fourth-order valence-electron chi connectivity index (χ4n) is 10.2. The average molecular weight is 904 g/mol. The van der Waals surface area contributed by atoms with Gasteiger partial charge in [-0.15, -0.1) is 0 Å². The van der Waals surface area contributed by atoms with Crippen molar-refractivity contribution >= 4 is 40.5 Å². The number of cyclic esters (lactones) is 1. The van der Waals surface area contributed by atoms with Gasteiger partial charge >= 0.3 is 5.97 Å². The molecule has 4 amide bonds. The van der Waals surface area contributed by atoms with Crippen molar-refractivity contribution in [3.05, 3.63) is 78.1 Å². The third-order valence-electron chi connectivity index (χ3n) is 13.9. The van der Waals surface area contributed by atoms with Crippen LogP contribution in [0.3, 0.4) is 0 Å². The zero-order valence-electron chi connectivity index (χ0n) is 40.5. The number of fused-ring (bicyclic) bond motifs is 6. The van der Waals surface area contributed by atoms with Gasteiger partial charge in [-0.3, -0.25) is 33.7 Å². The highest BCUT2D eigenvalue weighted by molar-refractivity contribution is 5.96. The maximum absolute atomic E-state index is 14.7. The van der Waals surface area contributed by atoms with Gasteiger partial charge in [0.15, 0.2) is 0 Å². The van der Waals surface area contributed by atoms with Crippen LogP contribution in [0.25, 0.3) is 33.3 Å². The first kappa shape index (κ1) is 48.1.